The highest BCUT2D eigenvalue weighted by atomic mass is 79.9. The van der Waals surface area contributed by atoms with Gasteiger partial charge in [-0.15, -0.1) is 0 Å². The fraction of sp³-hybridized carbons (Fsp3) is 0.133. The fourth-order valence-corrected chi connectivity index (χ4v) is 2.80. The summed E-state index contributed by atoms with van der Waals surface area (Å²) < 4.78 is 14.4. The molecule has 0 atom stereocenters. The van der Waals surface area contributed by atoms with Crippen molar-refractivity contribution in [3.63, 3.8) is 0 Å². The quantitative estimate of drug-likeness (QED) is 0.689. The summed E-state index contributed by atoms with van der Waals surface area (Å²) >= 11 is 3.47. The molecular weight excluding hydrogens is 307 g/mol. The first-order valence-electron chi connectivity index (χ1n) is 5.97. The lowest BCUT2D eigenvalue weighted by atomic mass is 10.1. The van der Waals surface area contributed by atoms with Crippen molar-refractivity contribution >= 4 is 27.0 Å². The minimum atomic E-state index is -0.251. The maximum absolute atomic E-state index is 13.4. The van der Waals surface area contributed by atoms with Gasteiger partial charge in [0.15, 0.2) is 0 Å². The van der Waals surface area contributed by atoms with Gasteiger partial charge in [0.2, 0.25) is 0 Å². The number of hydrogen-bond donors (Lipinski definition) is 1. The molecule has 1 aromatic heterocycles. The smallest absolute Gasteiger partial charge is 0.138 e. The Kier molecular flexibility index (Phi) is 2.90. The van der Waals surface area contributed by atoms with E-state index in [1.807, 2.05) is 26.0 Å². The van der Waals surface area contributed by atoms with Crippen LogP contribution in [0.4, 0.5) is 4.39 Å². The number of aromatic nitrogens is 2. The van der Waals surface area contributed by atoms with Crippen molar-refractivity contribution in [3.05, 3.63) is 51.7 Å². The number of nitrogens with zero attached hydrogens (tertiary/aromatic N) is 1. The number of imidazole rings is 1. The van der Waals surface area contributed by atoms with Crippen LogP contribution in [0.5, 0.6) is 0 Å². The number of aryl methyl sites for hydroxylation is 2. The third-order valence-corrected chi connectivity index (χ3v) is 3.65. The van der Waals surface area contributed by atoms with Crippen LogP contribution in [-0.2, 0) is 0 Å². The van der Waals surface area contributed by atoms with E-state index < -0.39 is 0 Å². The zero-order chi connectivity index (χ0) is 13.6. The lowest BCUT2D eigenvalue weighted by Gasteiger charge is -2.01. The molecule has 2 aromatic carbocycles. The highest BCUT2D eigenvalue weighted by molar-refractivity contribution is 9.10. The first-order valence-corrected chi connectivity index (χ1v) is 6.76. The predicted molar refractivity (Wildman–Crippen MR) is 78.7 cm³/mol. The number of hydrogen-bond acceptors (Lipinski definition) is 1. The fourth-order valence-electron chi connectivity index (χ4n) is 2.22. The molecule has 0 radical (unpaired) electrons. The van der Waals surface area contributed by atoms with E-state index >= 15 is 0 Å². The second kappa shape index (κ2) is 4.46. The summed E-state index contributed by atoms with van der Waals surface area (Å²) in [5.41, 5.74) is 4.75. The molecule has 0 aliphatic rings. The van der Waals surface area contributed by atoms with E-state index in [0.29, 0.717) is 5.82 Å². The molecule has 3 rings (SSSR count). The Morgan fingerprint density at radius 3 is 2.68 bits per heavy atom. The van der Waals surface area contributed by atoms with E-state index in [4.69, 9.17) is 0 Å². The summed E-state index contributed by atoms with van der Waals surface area (Å²) in [6, 6.07) is 8.74. The predicted octanol–water partition coefficient (Wildman–Crippen LogP) is 4.75. The van der Waals surface area contributed by atoms with Gasteiger partial charge in [-0.05, 0) is 49.2 Å². The highest BCUT2D eigenvalue weighted by Crippen LogP contribution is 2.27. The van der Waals surface area contributed by atoms with Gasteiger partial charge in [-0.3, -0.25) is 0 Å². The van der Waals surface area contributed by atoms with Crippen molar-refractivity contribution in [2.24, 2.45) is 0 Å². The Morgan fingerprint density at radius 2 is 1.89 bits per heavy atom. The van der Waals surface area contributed by atoms with Gasteiger partial charge >= 0.3 is 0 Å². The molecule has 1 heterocycles. The molecule has 19 heavy (non-hydrogen) atoms. The topological polar surface area (TPSA) is 28.7 Å². The van der Waals surface area contributed by atoms with Gasteiger partial charge in [-0.2, -0.15) is 0 Å². The molecule has 1 N–H and O–H groups in total. The SMILES string of the molecule is Cc1ccc(F)cc1-c1nc2c(C)cc(Br)cc2[nH]1. The number of fused-ring (bicyclic) bond motifs is 1. The molecule has 0 aliphatic heterocycles. The summed E-state index contributed by atoms with van der Waals surface area (Å²) in [5.74, 6) is 0.451. The van der Waals surface area contributed by atoms with Crippen LogP contribution in [-0.4, -0.2) is 9.97 Å². The lowest BCUT2D eigenvalue weighted by molar-refractivity contribution is 0.628. The molecular formula is C15H12BrFN2. The van der Waals surface area contributed by atoms with Crippen LogP contribution in [0.15, 0.2) is 34.8 Å². The second-order valence-corrected chi connectivity index (χ2v) is 5.58. The van der Waals surface area contributed by atoms with E-state index in [9.17, 15) is 4.39 Å². The van der Waals surface area contributed by atoms with Crippen molar-refractivity contribution < 1.29 is 4.39 Å². The number of halogens is 2. The van der Waals surface area contributed by atoms with Crippen molar-refractivity contribution in [1.82, 2.24) is 9.97 Å². The van der Waals surface area contributed by atoms with Gasteiger partial charge in [0.1, 0.15) is 11.6 Å². The van der Waals surface area contributed by atoms with Crippen LogP contribution in [0.25, 0.3) is 22.4 Å². The van der Waals surface area contributed by atoms with E-state index in [2.05, 4.69) is 25.9 Å². The molecule has 3 aromatic rings. The van der Waals surface area contributed by atoms with Crippen LogP contribution in [0.3, 0.4) is 0 Å². The lowest BCUT2D eigenvalue weighted by Crippen LogP contribution is -1.87. The van der Waals surface area contributed by atoms with Gasteiger partial charge in [0.05, 0.1) is 11.0 Å². The molecule has 0 bridgehead atoms. The summed E-state index contributed by atoms with van der Waals surface area (Å²) in [6.45, 7) is 3.96. The largest absolute Gasteiger partial charge is 0.338 e. The van der Waals surface area contributed by atoms with Crippen LogP contribution >= 0.6 is 15.9 Å². The number of rotatable bonds is 1. The summed E-state index contributed by atoms with van der Waals surface area (Å²) in [4.78, 5) is 7.84. The molecule has 0 spiro atoms. The zero-order valence-electron chi connectivity index (χ0n) is 10.6. The minimum Gasteiger partial charge on any atom is -0.338 e. The molecule has 0 unspecified atom stereocenters. The highest BCUT2D eigenvalue weighted by Gasteiger charge is 2.11. The van der Waals surface area contributed by atoms with Crippen LogP contribution in [0, 0.1) is 19.7 Å². The monoisotopic (exact) mass is 318 g/mol. The standard InChI is InChI=1S/C15H12BrFN2/c1-8-3-4-11(17)7-12(8)15-18-13-6-10(16)5-9(2)14(13)19-15/h3-7H,1-2H3,(H,18,19). The Labute approximate surface area is 118 Å². The van der Waals surface area contributed by atoms with E-state index in [-0.39, 0.29) is 5.82 Å². The summed E-state index contributed by atoms with van der Waals surface area (Å²) in [5, 5.41) is 0. The Balaban J connectivity index is 2.26. The Morgan fingerprint density at radius 1 is 1.11 bits per heavy atom. The normalized spacial score (nSPS) is 11.2. The molecule has 0 saturated carbocycles. The third-order valence-electron chi connectivity index (χ3n) is 3.20. The Hall–Kier alpha value is -1.68. The van der Waals surface area contributed by atoms with E-state index in [1.54, 1.807) is 6.07 Å². The van der Waals surface area contributed by atoms with Gasteiger partial charge in [0, 0.05) is 10.0 Å². The number of nitrogens with one attached hydrogen (secondary N) is 1. The Bertz CT molecular complexity index is 777. The van der Waals surface area contributed by atoms with Crippen molar-refractivity contribution in [3.8, 4) is 11.4 Å². The average Bonchev–Trinajstić information content (AvgIpc) is 2.76. The van der Waals surface area contributed by atoms with Crippen LogP contribution < -0.4 is 0 Å². The van der Waals surface area contributed by atoms with E-state index in [0.717, 1.165) is 32.2 Å². The molecule has 0 aliphatic carbocycles. The molecule has 0 fully saturated rings. The molecule has 0 amide bonds. The summed E-state index contributed by atoms with van der Waals surface area (Å²) in [6.07, 6.45) is 0. The molecule has 2 nitrogen and oxygen atoms in total. The second-order valence-electron chi connectivity index (χ2n) is 4.66. The first kappa shape index (κ1) is 12.4. The van der Waals surface area contributed by atoms with E-state index in [1.165, 1.54) is 12.1 Å². The molecule has 4 heteroatoms. The first-order chi connectivity index (χ1) is 9.04. The maximum atomic E-state index is 13.4. The number of benzene rings is 2. The van der Waals surface area contributed by atoms with Gasteiger partial charge < -0.3 is 4.98 Å². The van der Waals surface area contributed by atoms with Crippen molar-refractivity contribution in [2.45, 2.75) is 13.8 Å². The minimum absolute atomic E-state index is 0.251. The molecule has 96 valence electrons. The maximum Gasteiger partial charge on any atom is 0.138 e. The van der Waals surface area contributed by atoms with Crippen molar-refractivity contribution in [1.29, 1.82) is 0 Å². The molecule has 0 saturated heterocycles. The number of aromatic amines is 1. The van der Waals surface area contributed by atoms with Crippen LogP contribution in [0.1, 0.15) is 11.1 Å². The van der Waals surface area contributed by atoms with Gasteiger partial charge in [0.25, 0.3) is 0 Å². The van der Waals surface area contributed by atoms with Crippen LogP contribution in [0.2, 0.25) is 0 Å². The summed E-state index contributed by atoms with van der Waals surface area (Å²) in [7, 11) is 0. The van der Waals surface area contributed by atoms with Gasteiger partial charge in [-0.1, -0.05) is 22.0 Å². The van der Waals surface area contributed by atoms with Crippen molar-refractivity contribution in [2.75, 3.05) is 0 Å². The van der Waals surface area contributed by atoms with Gasteiger partial charge in [-0.25, -0.2) is 9.37 Å². The zero-order valence-corrected chi connectivity index (χ0v) is 12.2. The third kappa shape index (κ3) is 2.16. The number of H-pyrrole nitrogens is 1. The average molecular weight is 319 g/mol.